The maximum Gasteiger partial charge on any atom is 0.416 e. The number of fused-ring (bicyclic) bond motifs is 1. The van der Waals surface area contributed by atoms with Crippen LogP contribution < -0.4 is 10.9 Å². The standard InChI is InChI=1S/C20H21F3N2O2/c1-12-15-4-2-3-5-16(15)17(19(27)25-12)11-24-18(26)10-13-6-8-14(9-7-13)20(21,22)23/h6-9H,2-5,10-11H2,1H3,(H,24,26)(H,25,27). The molecule has 144 valence electrons. The third-order valence-corrected chi connectivity index (χ3v) is 4.97. The van der Waals surface area contributed by atoms with Gasteiger partial charge in [-0.2, -0.15) is 13.2 Å². The molecule has 0 saturated heterocycles. The van der Waals surface area contributed by atoms with Gasteiger partial charge in [0.1, 0.15) is 0 Å². The van der Waals surface area contributed by atoms with Crippen molar-refractivity contribution >= 4 is 5.91 Å². The minimum atomic E-state index is -4.40. The highest BCUT2D eigenvalue weighted by Gasteiger charge is 2.30. The van der Waals surface area contributed by atoms with Gasteiger partial charge >= 0.3 is 6.18 Å². The molecule has 1 aromatic carbocycles. The molecule has 0 atom stereocenters. The number of carbonyl (C=O) groups is 1. The molecular formula is C20H21F3N2O2. The maximum absolute atomic E-state index is 12.6. The van der Waals surface area contributed by atoms with Crippen LogP contribution in [-0.2, 0) is 36.8 Å². The average Bonchev–Trinajstić information content (AvgIpc) is 2.61. The van der Waals surface area contributed by atoms with Crippen molar-refractivity contribution in [1.82, 2.24) is 10.3 Å². The second-order valence-corrected chi connectivity index (χ2v) is 6.87. The number of halogens is 3. The summed E-state index contributed by atoms with van der Waals surface area (Å²) in [5, 5.41) is 2.72. The van der Waals surface area contributed by atoms with Crippen molar-refractivity contribution in [1.29, 1.82) is 0 Å². The fourth-order valence-electron chi connectivity index (χ4n) is 3.54. The molecule has 27 heavy (non-hydrogen) atoms. The van der Waals surface area contributed by atoms with E-state index in [0.717, 1.165) is 54.6 Å². The Kier molecular flexibility index (Phi) is 5.39. The molecule has 0 aliphatic heterocycles. The van der Waals surface area contributed by atoms with Crippen molar-refractivity contribution in [3.8, 4) is 0 Å². The van der Waals surface area contributed by atoms with Gasteiger partial charge in [-0.1, -0.05) is 12.1 Å². The van der Waals surface area contributed by atoms with Crippen LogP contribution in [0.2, 0.25) is 0 Å². The topological polar surface area (TPSA) is 62.0 Å². The summed E-state index contributed by atoms with van der Waals surface area (Å²) in [5.74, 6) is -0.334. The lowest BCUT2D eigenvalue weighted by molar-refractivity contribution is -0.137. The van der Waals surface area contributed by atoms with E-state index in [2.05, 4.69) is 10.3 Å². The number of rotatable bonds is 4. The molecule has 1 amide bonds. The zero-order valence-corrected chi connectivity index (χ0v) is 15.0. The lowest BCUT2D eigenvalue weighted by Crippen LogP contribution is -2.30. The third kappa shape index (κ3) is 4.40. The Balaban J connectivity index is 1.67. The smallest absolute Gasteiger partial charge is 0.352 e. The van der Waals surface area contributed by atoms with Gasteiger partial charge in [0.25, 0.3) is 5.56 Å². The van der Waals surface area contributed by atoms with E-state index in [1.807, 2.05) is 6.92 Å². The van der Waals surface area contributed by atoms with Crippen molar-refractivity contribution in [3.05, 3.63) is 68.1 Å². The highest BCUT2D eigenvalue weighted by molar-refractivity contribution is 5.78. The Bertz CT molecular complexity index is 899. The number of carbonyl (C=O) groups excluding carboxylic acids is 1. The molecule has 0 saturated carbocycles. The monoisotopic (exact) mass is 378 g/mol. The van der Waals surface area contributed by atoms with Crippen LogP contribution >= 0.6 is 0 Å². The number of H-pyrrole nitrogens is 1. The Hall–Kier alpha value is -2.57. The van der Waals surface area contributed by atoms with E-state index in [0.29, 0.717) is 11.1 Å². The number of nitrogens with one attached hydrogen (secondary N) is 2. The number of aromatic amines is 1. The van der Waals surface area contributed by atoms with Crippen LogP contribution in [0.5, 0.6) is 0 Å². The minimum Gasteiger partial charge on any atom is -0.352 e. The molecule has 0 fully saturated rings. The van der Waals surface area contributed by atoms with E-state index in [-0.39, 0.29) is 24.4 Å². The number of benzene rings is 1. The molecule has 3 rings (SSSR count). The molecule has 4 nitrogen and oxygen atoms in total. The van der Waals surface area contributed by atoms with E-state index in [1.165, 1.54) is 12.1 Å². The van der Waals surface area contributed by atoms with Gasteiger partial charge in [-0.25, -0.2) is 0 Å². The lowest BCUT2D eigenvalue weighted by atomic mass is 9.88. The van der Waals surface area contributed by atoms with Crippen LogP contribution in [0.1, 0.15) is 46.4 Å². The lowest BCUT2D eigenvalue weighted by Gasteiger charge is -2.21. The second-order valence-electron chi connectivity index (χ2n) is 6.87. The molecule has 1 heterocycles. The minimum absolute atomic E-state index is 0.0376. The Morgan fingerprint density at radius 2 is 1.74 bits per heavy atom. The van der Waals surface area contributed by atoms with Gasteiger partial charge in [-0.05, 0) is 61.4 Å². The summed E-state index contributed by atoms with van der Waals surface area (Å²) >= 11 is 0. The first-order valence-electron chi connectivity index (χ1n) is 8.92. The number of aromatic nitrogens is 1. The zero-order valence-electron chi connectivity index (χ0n) is 15.0. The summed E-state index contributed by atoms with van der Waals surface area (Å²) in [5.41, 5.74) is 3.20. The SMILES string of the molecule is Cc1[nH]c(=O)c(CNC(=O)Cc2ccc(C(F)(F)F)cc2)c2c1CCCC2. The number of hydrogen-bond acceptors (Lipinski definition) is 2. The van der Waals surface area contributed by atoms with Crippen LogP contribution in [-0.4, -0.2) is 10.9 Å². The van der Waals surface area contributed by atoms with Crippen LogP contribution in [0.25, 0.3) is 0 Å². The Morgan fingerprint density at radius 3 is 2.37 bits per heavy atom. The van der Waals surface area contributed by atoms with Gasteiger partial charge < -0.3 is 10.3 Å². The molecule has 2 N–H and O–H groups in total. The maximum atomic E-state index is 12.6. The van der Waals surface area contributed by atoms with E-state index in [1.54, 1.807) is 0 Å². The summed E-state index contributed by atoms with van der Waals surface area (Å²) in [7, 11) is 0. The number of aryl methyl sites for hydroxylation is 1. The van der Waals surface area contributed by atoms with Crippen LogP contribution in [0.15, 0.2) is 29.1 Å². The molecule has 0 spiro atoms. The summed E-state index contributed by atoms with van der Waals surface area (Å²) in [4.78, 5) is 27.3. The second kappa shape index (κ2) is 7.58. The van der Waals surface area contributed by atoms with Crippen LogP contribution in [0.4, 0.5) is 13.2 Å². The predicted molar refractivity (Wildman–Crippen MR) is 95.4 cm³/mol. The number of hydrogen-bond donors (Lipinski definition) is 2. The van der Waals surface area contributed by atoms with Crippen molar-refractivity contribution in [2.24, 2.45) is 0 Å². The first-order valence-corrected chi connectivity index (χ1v) is 8.92. The molecule has 0 bridgehead atoms. The number of amides is 1. The summed E-state index contributed by atoms with van der Waals surface area (Å²) in [6, 6.07) is 4.51. The van der Waals surface area contributed by atoms with E-state index >= 15 is 0 Å². The Morgan fingerprint density at radius 1 is 1.11 bits per heavy atom. The van der Waals surface area contributed by atoms with E-state index in [4.69, 9.17) is 0 Å². The summed E-state index contributed by atoms with van der Waals surface area (Å²) in [6.45, 7) is 2.01. The average molecular weight is 378 g/mol. The predicted octanol–water partition coefficient (Wildman–Crippen LogP) is 3.44. The third-order valence-electron chi connectivity index (χ3n) is 4.97. The van der Waals surface area contributed by atoms with E-state index < -0.39 is 11.7 Å². The van der Waals surface area contributed by atoms with Gasteiger partial charge in [0.15, 0.2) is 0 Å². The van der Waals surface area contributed by atoms with Crippen molar-refractivity contribution in [2.45, 2.75) is 51.7 Å². The fourth-order valence-corrected chi connectivity index (χ4v) is 3.54. The highest BCUT2D eigenvalue weighted by Crippen LogP contribution is 2.29. The van der Waals surface area contributed by atoms with Gasteiger partial charge in [0, 0.05) is 17.8 Å². The number of pyridine rings is 1. The quantitative estimate of drug-likeness (QED) is 0.856. The fraction of sp³-hybridized carbons (Fsp3) is 0.400. The zero-order chi connectivity index (χ0) is 19.6. The summed E-state index contributed by atoms with van der Waals surface area (Å²) in [6.07, 6.45) is -0.590. The van der Waals surface area contributed by atoms with Crippen LogP contribution in [0, 0.1) is 6.92 Å². The van der Waals surface area contributed by atoms with Crippen molar-refractivity contribution < 1.29 is 18.0 Å². The molecule has 7 heteroatoms. The molecule has 1 aliphatic rings. The highest BCUT2D eigenvalue weighted by atomic mass is 19.4. The van der Waals surface area contributed by atoms with Crippen molar-refractivity contribution in [3.63, 3.8) is 0 Å². The normalized spacial score (nSPS) is 13.9. The van der Waals surface area contributed by atoms with E-state index in [9.17, 15) is 22.8 Å². The molecule has 0 radical (unpaired) electrons. The van der Waals surface area contributed by atoms with Gasteiger partial charge in [0.05, 0.1) is 12.0 Å². The Labute approximate surface area is 154 Å². The molecule has 1 aliphatic carbocycles. The molecule has 0 unspecified atom stereocenters. The number of alkyl halides is 3. The molecule has 2 aromatic rings. The van der Waals surface area contributed by atoms with Gasteiger partial charge in [0.2, 0.25) is 5.91 Å². The first kappa shape index (κ1) is 19.2. The molecule has 1 aromatic heterocycles. The van der Waals surface area contributed by atoms with Gasteiger partial charge in [-0.3, -0.25) is 9.59 Å². The summed E-state index contributed by atoms with van der Waals surface area (Å²) < 4.78 is 37.7. The van der Waals surface area contributed by atoms with Crippen molar-refractivity contribution in [2.75, 3.05) is 0 Å². The van der Waals surface area contributed by atoms with Crippen LogP contribution in [0.3, 0.4) is 0 Å². The van der Waals surface area contributed by atoms with Gasteiger partial charge in [-0.15, -0.1) is 0 Å². The largest absolute Gasteiger partial charge is 0.416 e. The first-order chi connectivity index (χ1) is 12.8. The molecular weight excluding hydrogens is 357 g/mol.